The van der Waals surface area contributed by atoms with E-state index < -0.39 is 0 Å². The zero-order valence-electron chi connectivity index (χ0n) is 13.6. The minimum Gasteiger partial charge on any atom is -0.493 e. The number of benzene rings is 2. The van der Waals surface area contributed by atoms with E-state index in [-0.39, 0.29) is 12.6 Å². The average Bonchev–Trinajstić information content (AvgIpc) is 3.09. The van der Waals surface area contributed by atoms with Gasteiger partial charge in [0.25, 0.3) is 0 Å². The van der Waals surface area contributed by atoms with Crippen molar-refractivity contribution >= 4 is 5.78 Å². The lowest BCUT2D eigenvalue weighted by Gasteiger charge is -2.09. The summed E-state index contributed by atoms with van der Waals surface area (Å²) in [6, 6.07) is 12.8. The van der Waals surface area contributed by atoms with Crippen molar-refractivity contribution in [3.05, 3.63) is 48.0 Å². The third kappa shape index (κ3) is 3.98. The first-order valence-corrected chi connectivity index (χ1v) is 8.05. The molecule has 0 saturated carbocycles. The molecule has 5 nitrogen and oxygen atoms in total. The first-order valence-electron chi connectivity index (χ1n) is 8.05. The van der Waals surface area contributed by atoms with Crippen molar-refractivity contribution in [1.82, 2.24) is 0 Å². The van der Waals surface area contributed by atoms with Crippen LogP contribution in [-0.4, -0.2) is 25.8 Å². The number of hydrogen-bond acceptors (Lipinski definition) is 5. The molecule has 0 saturated heterocycles. The smallest absolute Gasteiger partial charge is 0.231 e. The molecule has 2 aromatic carbocycles. The average molecular weight is 328 g/mol. The van der Waals surface area contributed by atoms with Gasteiger partial charge >= 0.3 is 0 Å². The highest BCUT2D eigenvalue weighted by molar-refractivity contribution is 5.95. The second-order valence-electron chi connectivity index (χ2n) is 5.37. The molecule has 0 aliphatic carbocycles. The van der Waals surface area contributed by atoms with E-state index >= 15 is 0 Å². The Kier molecular flexibility index (Phi) is 5.21. The van der Waals surface area contributed by atoms with Crippen LogP contribution in [0.1, 0.15) is 30.1 Å². The molecule has 5 heteroatoms. The molecule has 0 bridgehead atoms. The van der Waals surface area contributed by atoms with Crippen molar-refractivity contribution in [2.24, 2.45) is 0 Å². The topological polar surface area (TPSA) is 54.0 Å². The largest absolute Gasteiger partial charge is 0.493 e. The van der Waals surface area contributed by atoms with Gasteiger partial charge in [0.15, 0.2) is 17.3 Å². The summed E-state index contributed by atoms with van der Waals surface area (Å²) in [5.74, 6) is 3.10. The van der Waals surface area contributed by atoms with Gasteiger partial charge in [-0.25, -0.2) is 0 Å². The summed E-state index contributed by atoms with van der Waals surface area (Å²) in [4.78, 5) is 11.6. The Labute approximate surface area is 141 Å². The molecule has 0 amide bonds. The Morgan fingerprint density at radius 2 is 1.62 bits per heavy atom. The predicted molar refractivity (Wildman–Crippen MR) is 89.2 cm³/mol. The van der Waals surface area contributed by atoms with E-state index in [0.29, 0.717) is 25.4 Å². The minimum absolute atomic E-state index is 0.138. The summed E-state index contributed by atoms with van der Waals surface area (Å²) >= 11 is 0. The Bertz CT molecular complexity index is 693. The van der Waals surface area contributed by atoms with E-state index in [1.165, 1.54) is 0 Å². The highest BCUT2D eigenvalue weighted by Gasteiger charge is 2.13. The number of carbonyl (C=O) groups excluding carboxylic acids is 1. The zero-order chi connectivity index (χ0) is 16.8. The summed E-state index contributed by atoms with van der Waals surface area (Å²) in [7, 11) is 0. The van der Waals surface area contributed by atoms with Gasteiger partial charge in [0.2, 0.25) is 6.79 Å². The van der Waals surface area contributed by atoms with E-state index in [4.69, 9.17) is 18.9 Å². The lowest BCUT2D eigenvalue weighted by atomic mass is 10.1. The van der Waals surface area contributed by atoms with E-state index in [1.54, 1.807) is 12.1 Å². The SMILES string of the molecule is CCC(=O)c1ccc(OCCCOc2ccc3c(c2)OCO3)cc1. The monoisotopic (exact) mass is 328 g/mol. The number of ether oxygens (including phenoxy) is 4. The van der Waals surface area contributed by atoms with Crippen LogP contribution >= 0.6 is 0 Å². The molecule has 0 unspecified atom stereocenters. The fourth-order valence-electron chi connectivity index (χ4n) is 2.35. The van der Waals surface area contributed by atoms with Gasteiger partial charge in [0.05, 0.1) is 13.2 Å². The highest BCUT2D eigenvalue weighted by Crippen LogP contribution is 2.35. The second kappa shape index (κ2) is 7.73. The van der Waals surface area contributed by atoms with Crippen LogP contribution in [0.3, 0.4) is 0 Å². The van der Waals surface area contributed by atoms with Crippen LogP contribution in [0, 0.1) is 0 Å². The van der Waals surface area contributed by atoms with Gasteiger partial charge in [-0.05, 0) is 36.4 Å². The van der Waals surface area contributed by atoms with E-state index in [1.807, 2.05) is 37.3 Å². The molecule has 0 spiro atoms. The molecule has 0 fully saturated rings. The molecule has 0 radical (unpaired) electrons. The molecule has 0 atom stereocenters. The van der Waals surface area contributed by atoms with E-state index in [9.17, 15) is 4.79 Å². The number of ketones is 1. The maximum absolute atomic E-state index is 11.6. The third-order valence-corrected chi connectivity index (χ3v) is 3.67. The predicted octanol–water partition coefficient (Wildman–Crippen LogP) is 3.86. The Morgan fingerprint density at radius 3 is 2.38 bits per heavy atom. The summed E-state index contributed by atoms with van der Waals surface area (Å²) in [5.41, 5.74) is 0.719. The lowest BCUT2D eigenvalue weighted by molar-refractivity contribution is 0.0988. The minimum atomic E-state index is 0.138. The van der Waals surface area contributed by atoms with Crippen LogP contribution < -0.4 is 18.9 Å². The summed E-state index contributed by atoms with van der Waals surface area (Å²) in [5, 5.41) is 0. The molecule has 126 valence electrons. The molecule has 1 aliphatic rings. The molecular formula is C19H20O5. The third-order valence-electron chi connectivity index (χ3n) is 3.67. The second-order valence-corrected chi connectivity index (χ2v) is 5.37. The molecule has 3 rings (SSSR count). The van der Waals surface area contributed by atoms with Crippen molar-refractivity contribution in [3.63, 3.8) is 0 Å². The molecule has 0 N–H and O–H groups in total. The number of hydrogen-bond donors (Lipinski definition) is 0. The Balaban J connectivity index is 1.38. The molecule has 0 aromatic heterocycles. The summed E-state index contributed by atoms with van der Waals surface area (Å²) in [6.45, 7) is 3.21. The molecule has 1 aliphatic heterocycles. The first-order chi connectivity index (χ1) is 11.8. The van der Waals surface area contributed by atoms with Gasteiger partial charge < -0.3 is 18.9 Å². The Hall–Kier alpha value is -2.69. The highest BCUT2D eigenvalue weighted by atomic mass is 16.7. The molecule has 24 heavy (non-hydrogen) atoms. The van der Waals surface area contributed by atoms with Crippen LogP contribution in [0.4, 0.5) is 0 Å². The molecule has 2 aromatic rings. The van der Waals surface area contributed by atoms with Crippen LogP contribution in [0.25, 0.3) is 0 Å². The number of fused-ring (bicyclic) bond motifs is 1. The van der Waals surface area contributed by atoms with Crippen molar-refractivity contribution in [2.45, 2.75) is 19.8 Å². The normalized spacial score (nSPS) is 12.0. The lowest BCUT2D eigenvalue weighted by Crippen LogP contribution is -2.05. The maximum atomic E-state index is 11.6. The van der Waals surface area contributed by atoms with Crippen LogP contribution in [-0.2, 0) is 0 Å². The summed E-state index contributed by atoms with van der Waals surface area (Å²) in [6.07, 6.45) is 1.27. The number of Topliss-reactive ketones (excluding diaryl/α,β-unsaturated/α-hetero) is 1. The molecular weight excluding hydrogens is 308 g/mol. The Morgan fingerprint density at radius 1 is 0.958 bits per heavy atom. The van der Waals surface area contributed by atoms with Crippen molar-refractivity contribution < 1.29 is 23.7 Å². The van der Waals surface area contributed by atoms with Gasteiger partial charge in [-0.1, -0.05) is 6.92 Å². The summed E-state index contributed by atoms with van der Waals surface area (Å²) < 4.78 is 21.9. The zero-order valence-corrected chi connectivity index (χ0v) is 13.6. The van der Waals surface area contributed by atoms with Gasteiger partial charge in [-0.2, -0.15) is 0 Å². The van der Waals surface area contributed by atoms with Crippen LogP contribution in [0.15, 0.2) is 42.5 Å². The van der Waals surface area contributed by atoms with Crippen molar-refractivity contribution in [2.75, 3.05) is 20.0 Å². The van der Waals surface area contributed by atoms with E-state index in [2.05, 4.69) is 0 Å². The first kappa shape index (κ1) is 16.2. The van der Waals surface area contributed by atoms with Gasteiger partial charge in [-0.3, -0.25) is 4.79 Å². The van der Waals surface area contributed by atoms with Crippen molar-refractivity contribution in [1.29, 1.82) is 0 Å². The molecule has 1 heterocycles. The standard InChI is InChI=1S/C19H20O5/c1-2-17(20)14-4-6-15(7-5-14)21-10-3-11-22-16-8-9-18-19(12-16)24-13-23-18/h4-9,12H,2-3,10-11,13H2,1H3. The van der Waals surface area contributed by atoms with Gasteiger partial charge in [0, 0.05) is 24.5 Å². The maximum Gasteiger partial charge on any atom is 0.231 e. The van der Waals surface area contributed by atoms with Crippen LogP contribution in [0.2, 0.25) is 0 Å². The van der Waals surface area contributed by atoms with Crippen molar-refractivity contribution in [3.8, 4) is 23.0 Å². The number of carbonyl (C=O) groups is 1. The van der Waals surface area contributed by atoms with Crippen LogP contribution in [0.5, 0.6) is 23.0 Å². The van der Waals surface area contributed by atoms with Gasteiger partial charge in [-0.15, -0.1) is 0 Å². The van der Waals surface area contributed by atoms with E-state index in [0.717, 1.165) is 29.2 Å². The fraction of sp³-hybridized carbons (Fsp3) is 0.316. The van der Waals surface area contributed by atoms with Gasteiger partial charge in [0.1, 0.15) is 11.5 Å². The number of rotatable bonds is 8. The quantitative estimate of drug-likeness (QED) is 0.544. The fourth-order valence-corrected chi connectivity index (χ4v) is 2.35.